The zero-order valence-corrected chi connectivity index (χ0v) is 13.8. The van der Waals surface area contributed by atoms with Crippen molar-refractivity contribution in [1.82, 2.24) is 9.38 Å². The molecule has 0 amide bonds. The lowest BCUT2D eigenvalue weighted by atomic mass is 10.2. The average molecular weight is 355 g/mol. The van der Waals surface area contributed by atoms with E-state index < -0.39 is 0 Å². The number of terminal acetylenes is 1. The molecular weight excluding hydrogens is 340 g/mol. The van der Waals surface area contributed by atoms with Gasteiger partial charge in [0.05, 0.1) is 17.8 Å². The molecule has 110 valence electrons. The Labute approximate surface area is 138 Å². The second-order valence-corrected chi connectivity index (χ2v) is 5.83. The fraction of sp³-hybridized carbons (Fsp3) is 0.167. The topological polar surface area (TPSA) is 26.5 Å². The van der Waals surface area contributed by atoms with E-state index in [1.807, 2.05) is 53.9 Å². The first-order valence-corrected chi connectivity index (χ1v) is 7.76. The van der Waals surface area contributed by atoms with Crippen LogP contribution in [0.1, 0.15) is 17.0 Å². The molecule has 2 heterocycles. The van der Waals surface area contributed by atoms with E-state index in [0.29, 0.717) is 13.0 Å². The number of aromatic nitrogens is 2. The summed E-state index contributed by atoms with van der Waals surface area (Å²) in [5, 5.41) is 0. The Morgan fingerprint density at radius 2 is 2.09 bits per heavy atom. The molecule has 4 heteroatoms. The Morgan fingerprint density at radius 1 is 1.27 bits per heavy atom. The van der Waals surface area contributed by atoms with Crippen LogP contribution < -0.4 is 4.74 Å². The highest BCUT2D eigenvalue weighted by molar-refractivity contribution is 9.10. The standard InChI is InChI=1S/C18H15BrN2O/c1-3-7-16-13(2)20-18-17(10-6-11-21(16)18)22-12-14-8-4-5-9-15(14)19/h1,4-6,8-11H,7,12H2,2H3. The molecule has 1 aromatic carbocycles. The maximum absolute atomic E-state index is 5.97. The van der Waals surface area contributed by atoms with Crippen LogP contribution in [0.25, 0.3) is 5.65 Å². The fourth-order valence-corrected chi connectivity index (χ4v) is 2.80. The number of nitrogens with zero attached hydrogens (tertiary/aromatic N) is 2. The smallest absolute Gasteiger partial charge is 0.180 e. The Balaban J connectivity index is 1.93. The number of ether oxygens (including phenoxy) is 1. The lowest BCUT2D eigenvalue weighted by Gasteiger charge is -2.09. The zero-order chi connectivity index (χ0) is 15.5. The molecular formula is C18H15BrN2O. The maximum atomic E-state index is 5.97. The first-order chi connectivity index (χ1) is 10.7. The molecule has 0 spiro atoms. The molecule has 0 saturated carbocycles. The molecule has 3 aromatic rings. The van der Waals surface area contributed by atoms with Crippen LogP contribution >= 0.6 is 15.9 Å². The molecule has 0 radical (unpaired) electrons. The quantitative estimate of drug-likeness (QED) is 0.657. The molecule has 22 heavy (non-hydrogen) atoms. The zero-order valence-electron chi connectivity index (χ0n) is 12.2. The van der Waals surface area contributed by atoms with Crippen LogP contribution in [0, 0.1) is 19.3 Å². The number of fused-ring (bicyclic) bond motifs is 1. The van der Waals surface area contributed by atoms with Crippen LogP contribution in [0.4, 0.5) is 0 Å². The third kappa shape index (κ3) is 2.72. The second-order valence-electron chi connectivity index (χ2n) is 4.97. The second kappa shape index (κ2) is 6.25. The van der Waals surface area contributed by atoms with E-state index in [0.717, 1.165) is 32.8 Å². The largest absolute Gasteiger partial charge is 0.485 e. The molecule has 0 unspecified atom stereocenters. The summed E-state index contributed by atoms with van der Waals surface area (Å²) >= 11 is 3.53. The van der Waals surface area contributed by atoms with E-state index in [-0.39, 0.29) is 0 Å². The number of imidazole rings is 1. The lowest BCUT2D eigenvalue weighted by molar-refractivity contribution is 0.307. The normalized spacial score (nSPS) is 10.6. The van der Waals surface area contributed by atoms with Crippen LogP contribution in [0.2, 0.25) is 0 Å². The first-order valence-electron chi connectivity index (χ1n) is 6.97. The van der Waals surface area contributed by atoms with Crippen LogP contribution in [0.5, 0.6) is 5.75 Å². The number of hydrogen-bond donors (Lipinski definition) is 0. The third-order valence-electron chi connectivity index (χ3n) is 3.52. The van der Waals surface area contributed by atoms with Gasteiger partial charge in [-0.1, -0.05) is 34.1 Å². The summed E-state index contributed by atoms with van der Waals surface area (Å²) in [6.45, 7) is 2.45. The van der Waals surface area contributed by atoms with Crippen molar-refractivity contribution in [2.24, 2.45) is 0 Å². The Hall–Kier alpha value is -2.25. The van der Waals surface area contributed by atoms with Crippen LogP contribution in [-0.4, -0.2) is 9.38 Å². The van der Waals surface area contributed by atoms with Gasteiger partial charge in [-0.3, -0.25) is 4.40 Å². The Morgan fingerprint density at radius 3 is 2.86 bits per heavy atom. The molecule has 3 nitrogen and oxygen atoms in total. The van der Waals surface area contributed by atoms with Crippen molar-refractivity contribution in [2.45, 2.75) is 20.0 Å². The molecule has 0 aliphatic carbocycles. The van der Waals surface area contributed by atoms with E-state index >= 15 is 0 Å². The molecule has 0 saturated heterocycles. The predicted molar refractivity (Wildman–Crippen MR) is 90.9 cm³/mol. The molecule has 0 N–H and O–H groups in total. The summed E-state index contributed by atoms with van der Waals surface area (Å²) in [6, 6.07) is 11.9. The van der Waals surface area contributed by atoms with Gasteiger partial charge in [-0.05, 0) is 25.1 Å². The maximum Gasteiger partial charge on any atom is 0.180 e. The molecule has 0 aliphatic heterocycles. The van der Waals surface area contributed by atoms with Crippen LogP contribution in [0.15, 0.2) is 47.1 Å². The summed E-state index contributed by atoms with van der Waals surface area (Å²) in [7, 11) is 0. The summed E-state index contributed by atoms with van der Waals surface area (Å²) in [5.74, 6) is 3.43. The summed E-state index contributed by atoms with van der Waals surface area (Å²) in [4.78, 5) is 4.60. The molecule has 0 fully saturated rings. The number of rotatable bonds is 4. The van der Waals surface area contributed by atoms with Crippen molar-refractivity contribution in [2.75, 3.05) is 0 Å². The summed E-state index contributed by atoms with van der Waals surface area (Å²) in [6.07, 6.45) is 7.96. The van der Waals surface area contributed by atoms with E-state index in [1.54, 1.807) is 0 Å². The van der Waals surface area contributed by atoms with Crippen molar-refractivity contribution < 1.29 is 4.74 Å². The van der Waals surface area contributed by atoms with Gasteiger partial charge in [-0.2, -0.15) is 0 Å². The van der Waals surface area contributed by atoms with Gasteiger partial charge in [-0.15, -0.1) is 12.3 Å². The SMILES string of the molecule is C#CCc1c(C)nc2c(OCc3ccccc3Br)cccn12. The highest BCUT2D eigenvalue weighted by atomic mass is 79.9. The van der Waals surface area contributed by atoms with Gasteiger partial charge in [0.15, 0.2) is 11.4 Å². The van der Waals surface area contributed by atoms with Gasteiger partial charge in [0.2, 0.25) is 0 Å². The average Bonchev–Trinajstić information content (AvgIpc) is 2.84. The Bertz CT molecular complexity index is 861. The molecule has 0 bridgehead atoms. The monoisotopic (exact) mass is 354 g/mol. The van der Waals surface area contributed by atoms with Gasteiger partial charge < -0.3 is 4.74 Å². The van der Waals surface area contributed by atoms with Crippen molar-refractivity contribution >= 4 is 21.6 Å². The van der Waals surface area contributed by atoms with Gasteiger partial charge in [-0.25, -0.2) is 4.98 Å². The minimum absolute atomic E-state index is 0.484. The van der Waals surface area contributed by atoms with Crippen LogP contribution in [0.3, 0.4) is 0 Å². The molecule has 0 aliphatic rings. The summed E-state index contributed by atoms with van der Waals surface area (Å²) in [5.41, 5.74) is 3.87. The molecule has 3 rings (SSSR count). The van der Waals surface area contributed by atoms with Crippen molar-refractivity contribution in [3.05, 3.63) is 64.0 Å². The van der Waals surface area contributed by atoms with Gasteiger partial charge in [0, 0.05) is 16.2 Å². The first kappa shape index (κ1) is 14.7. The van der Waals surface area contributed by atoms with Crippen LogP contribution in [-0.2, 0) is 13.0 Å². The van der Waals surface area contributed by atoms with E-state index in [4.69, 9.17) is 11.2 Å². The molecule has 2 aromatic heterocycles. The van der Waals surface area contributed by atoms with Gasteiger partial charge in [0.1, 0.15) is 6.61 Å². The highest BCUT2D eigenvalue weighted by Gasteiger charge is 2.12. The number of halogens is 1. The van der Waals surface area contributed by atoms with Crippen molar-refractivity contribution in [3.8, 4) is 18.1 Å². The van der Waals surface area contributed by atoms with E-state index in [9.17, 15) is 0 Å². The fourth-order valence-electron chi connectivity index (χ4n) is 2.40. The van der Waals surface area contributed by atoms with Gasteiger partial charge >= 0.3 is 0 Å². The van der Waals surface area contributed by atoms with Crippen molar-refractivity contribution in [3.63, 3.8) is 0 Å². The number of benzene rings is 1. The van der Waals surface area contributed by atoms with Crippen molar-refractivity contribution in [1.29, 1.82) is 0 Å². The predicted octanol–water partition coefficient (Wildman–Crippen LogP) is 4.16. The highest BCUT2D eigenvalue weighted by Crippen LogP contribution is 2.24. The third-order valence-corrected chi connectivity index (χ3v) is 4.30. The summed E-state index contributed by atoms with van der Waals surface area (Å²) < 4.78 is 9.01. The van der Waals surface area contributed by atoms with E-state index in [2.05, 4.69) is 26.8 Å². The minimum Gasteiger partial charge on any atom is -0.485 e. The number of hydrogen-bond acceptors (Lipinski definition) is 2. The molecule has 0 atom stereocenters. The number of aryl methyl sites for hydroxylation is 1. The van der Waals surface area contributed by atoms with Gasteiger partial charge in [0.25, 0.3) is 0 Å². The minimum atomic E-state index is 0.484. The van der Waals surface area contributed by atoms with E-state index in [1.165, 1.54) is 0 Å². The lowest BCUT2D eigenvalue weighted by Crippen LogP contribution is -1.99. The number of pyridine rings is 1. The Kier molecular flexibility index (Phi) is 4.17.